The Balaban J connectivity index is 2.71. The molecule has 0 aromatic heterocycles. The molecule has 0 radical (unpaired) electrons. The maximum absolute atomic E-state index is 8.59. The molecule has 0 bridgehead atoms. The quantitative estimate of drug-likeness (QED) is 0.780. The molecule has 0 saturated carbocycles. The van der Waals surface area contributed by atoms with Crippen LogP contribution in [0.5, 0.6) is 5.75 Å². The summed E-state index contributed by atoms with van der Waals surface area (Å²) in [5, 5.41) is 9.33. The Labute approximate surface area is 95.4 Å². The highest BCUT2D eigenvalue weighted by atomic mass is 35.5. The van der Waals surface area contributed by atoms with Crippen LogP contribution < -0.4 is 4.74 Å². The molecule has 15 heavy (non-hydrogen) atoms. The standard InChI is InChI=1S/C12H14ClNO/c1-3-10(6-7-14)15-11-4-5-12(13)9(2)8-11/h4-5,8,10H,3,6H2,1-2H3. The molecule has 0 spiro atoms. The number of halogens is 1. The van der Waals surface area contributed by atoms with Crippen molar-refractivity contribution in [1.82, 2.24) is 0 Å². The first-order valence-corrected chi connectivity index (χ1v) is 5.35. The third-order valence-corrected chi connectivity index (χ3v) is 2.63. The van der Waals surface area contributed by atoms with Gasteiger partial charge in [-0.3, -0.25) is 0 Å². The topological polar surface area (TPSA) is 33.0 Å². The van der Waals surface area contributed by atoms with Crippen molar-refractivity contribution in [2.45, 2.75) is 32.8 Å². The number of ether oxygens (including phenoxy) is 1. The van der Waals surface area contributed by atoms with Gasteiger partial charge in [0.25, 0.3) is 0 Å². The van der Waals surface area contributed by atoms with Crippen LogP contribution in [0, 0.1) is 18.3 Å². The number of nitriles is 1. The molecule has 1 aromatic carbocycles. The summed E-state index contributed by atoms with van der Waals surface area (Å²) >= 11 is 5.90. The Morgan fingerprint density at radius 3 is 2.80 bits per heavy atom. The van der Waals surface area contributed by atoms with E-state index in [1.54, 1.807) is 0 Å². The lowest BCUT2D eigenvalue weighted by Gasteiger charge is -2.15. The molecule has 0 fully saturated rings. The summed E-state index contributed by atoms with van der Waals surface area (Å²) in [5.74, 6) is 0.777. The highest BCUT2D eigenvalue weighted by Crippen LogP contribution is 2.22. The van der Waals surface area contributed by atoms with Crippen molar-refractivity contribution in [1.29, 1.82) is 5.26 Å². The van der Waals surface area contributed by atoms with E-state index in [1.165, 1.54) is 0 Å². The molecule has 1 aromatic rings. The van der Waals surface area contributed by atoms with Crippen LogP contribution in [0.15, 0.2) is 18.2 Å². The largest absolute Gasteiger partial charge is 0.489 e. The lowest BCUT2D eigenvalue weighted by atomic mass is 10.2. The Bertz CT molecular complexity index is 370. The molecule has 0 saturated heterocycles. The van der Waals surface area contributed by atoms with Gasteiger partial charge >= 0.3 is 0 Å². The van der Waals surface area contributed by atoms with E-state index >= 15 is 0 Å². The molecule has 0 N–H and O–H groups in total. The number of benzene rings is 1. The van der Waals surface area contributed by atoms with Gasteiger partial charge < -0.3 is 4.74 Å². The van der Waals surface area contributed by atoms with E-state index in [0.717, 1.165) is 22.8 Å². The second-order valence-corrected chi connectivity index (χ2v) is 3.83. The van der Waals surface area contributed by atoms with Crippen molar-refractivity contribution in [3.05, 3.63) is 28.8 Å². The van der Waals surface area contributed by atoms with E-state index in [-0.39, 0.29) is 6.10 Å². The normalized spacial score (nSPS) is 11.9. The summed E-state index contributed by atoms with van der Waals surface area (Å²) in [5.41, 5.74) is 0.987. The van der Waals surface area contributed by atoms with Gasteiger partial charge in [-0.25, -0.2) is 0 Å². The van der Waals surface area contributed by atoms with Gasteiger partial charge in [0.1, 0.15) is 11.9 Å². The van der Waals surface area contributed by atoms with Gasteiger partial charge in [-0.1, -0.05) is 18.5 Å². The summed E-state index contributed by atoms with van der Waals surface area (Å²) in [4.78, 5) is 0. The molecule has 3 heteroatoms. The Morgan fingerprint density at radius 1 is 1.53 bits per heavy atom. The molecule has 2 nitrogen and oxygen atoms in total. The van der Waals surface area contributed by atoms with Gasteiger partial charge in [0.2, 0.25) is 0 Å². The van der Waals surface area contributed by atoms with E-state index in [2.05, 4.69) is 6.07 Å². The van der Waals surface area contributed by atoms with E-state index in [1.807, 2.05) is 32.0 Å². The predicted molar refractivity (Wildman–Crippen MR) is 61.1 cm³/mol. The molecular formula is C12H14ClNO. The van der Waals surface area contributed by atoms with Crippen LogP contribution in [-0.2, 0) is 0 Å². The van der Waals surface area contributed by atoms with E-state index in [9.17, 15) is 0 Å². The van der Waals surface area contributed by atoms with Crippen LogP contribution in [0.4, 0.5) is 0 Å². The smallest absolute Gasteiger partial charge is 0.120 e. The molecule has 1 atom stereocenters. The predicted octanol–water partition coefficient (Wildman–Crippen LogP) is 3.72. The first-order valence-electron chi connectivity index (χ1n) is 4.97. The number of hydrogen-bond donors (Lipinski definition) is 0. The van der Waals surface area contributed by atoms with Crippen molar-refractivity contribution in [2.75, 3.05) is 0 Å². The second-order valence-electron chi connectivity index (χ2n) is 3.42. The van der Waals surface area contributed by atoms with Crippen LogP contribution in [0.3, 0.4) is 0 Å². The van der Waals surface area contributed by atoms with Crippen molar-refractivity contribution in [3.8, 4) is 11.8 Å². The Hall–Kier alpha value is -1.20. The van der Waals surface area contributed by atoms with E-state index in [4.69, 9.17) is 21.6 Å². The van der Waals surface area contributed by atoms with Crippen LogP contribution in [0.2, 0.25) is 5.02 Å². The third kappa shape index (κ3) is 3.45. The van der Waals surface area contributed by atoms with Crippen molar-refractivity contribution in [3.63, 3.8) is 0 Å². The number of rotatable bonds is 4. The summed E-state index contributed by atoms with van der Waals surface area (Å²) < 4.78 is 5.66. The van der Waals surface area contributed by atoms with E-state index in [0.29, 0.717) is 6.42 Å². The van der Waals surface area contributed by atoms with Gasteiger partial charge in [0.05, 0.1) is 12.5 Å². The van der Waals surface area contributed by atoms with Crippen molar-refractivity contribution < 1.29 is 4.74 Å². The first kappa shape index (κ1) is 11.9. The number of hydrogen-bond acceptors (Lipinski definition) is 2. The Kier molecular flexibility index (Phi) is 4.45. The summed E-state index contributed by atoms with van der Waals surface area (Å²) in [6, 6.07) is 7.64. The highest BCUT2D eigenvalue weighted by Gasteiger charge is 2.07. The zero-order valence-corrected chi connectivity index (χ0v) is 9.71. The average molecular weight is 224 g/mol. The maximum atomic E-state index is 8.59. The van der Waals surface area contributed by atoms with Crippen LogP contribution in [0.25, 0.3) is 0 Å². The van der Waals surface area contributed by atoms with Crippen LogP contribution in [0.1, 0.15) is 25.3 Å². The maximum Gasteiger partial charge on any atom is 0.120 e. The SMILES string of the molecule is CCC(CC#N)Oc1ccc(Cl)c(C)c1. The number of aryl methyl sites for hydroxylation is 1. The molecule has 0 aliphatic heterocycles. The van der Waals surface area contributed by atoms with Gasteiger partial charge in [0.15, 0.2) is 0 Å². The van der Waals surface area contributed by atoms with Crippen molar-refractivity contribution in [2.24, 2.45) is 0 Å². The summed E-state index contributed by atoms with van der Waals surface area (Å²) in [7, 11) is 0. The molecule has 80 valence electrons. The van der Waals surface area contributed by atoms with Crippen LogP contribution in [-0.4, -0.2) is 6.10 Å². The molecule has 0 heterocycles. The minimum Gasteiger partial charge on any atom is -0.489 e. The van der Waals surface area contributed by atoms with Gasteiger partial charge in [-0.05, 0) is 37.1 Å². The van der Waals surface area contributed by atoms with Crippen molar-refractivity contribution >= 4 is 11.6 Å². The monoisotopic (exact) mass is 223 g/mol. The zero-order chi connectivity index (χ0) is 11.3. The van der Waals surface area contributed by atoms with Gasteiger partial charge in [-0.15, -0.1) is 0 Å². The minimum absolute atomic E-state index is 0.0319. The van der Waals surface area contributed by atoms with Gasteiger partial charge in [0, 0.05) is 5.02 Å². The number of nitrogens with zero attached hydrogens (tertiary/aromatic N) is 1. The zero-order valence-electron chi connectivity index (χ0n) is 8.96. The lowest BCUT2D eigenvalue weighted by molar-refractivity contribution is 0.202. The second kappa shape index (κ2) is 5.63. The van der Waals surface area contributed by atoms with E-state index < -0.39 is 0 Å². The summed E-state index contributed by atoms with van der Waals surface area (Å²) in [6.07, 6.45) is 1.21. The fourth-order valence-electron chi connectivity index (χ4n) is 1.25. The molecule has 1 rings (SSSR count). The minimum atomic E-state index is -0.0319. The van der Waals surface area contributed by atoms with Gasteiger partial charge in [-0.2, -0.15) is 5.26 Å². The molecule has 0 aliphatic rings. The fraction of sp³-hybridized carbons (Fsp3) is 0.417. The first-order chi connectivity index (χ1) is 7.17. The van der Waals surface area contributed by atoms with Crippen LogP contribution >= 0.6 is 11.6 Å². The average Bonchev–Trinajstić information content (AvgIpc) is 2.23. The molecule has 0 aliphatic carbocycles. The summed E-state index contributed by atoms with van der Waals surface area (Å²) in [6.45, 7) is 3.94. The molecule has 1 unspecified atom stereocenters. The molecular weight excluding hydrogens is 210 g/mol. The highest BCUT2D eigenvalue weighted by molar-refractivity contribution is 6.31. The third-order valence-electron chi connectivity index (χ3n) is 2.21. The lowest BCUT2D eigenvalue weighted by Crippen LogP contribution is -2.14. The Morgan fingerprint density at radius 2 is 2.27 bits per heavy atom. The fourth-order valence-corrected chi connectivity index (χ4v) is 1.37. The molecule has 0 amide bonds.